The van der Waals surface area contributed by atoms with Gasteiger partial charge in [-0.2, -0.15) is 0 Å². The minimum Gasteiger partial charge on any atom is -0.406 e. The van der Waals surface area contributed by atoms with Crippen LogP contribution < -0.4 is 10.1 Å². The third-order valence-electron chi connectivity index (χ3n) is 3.80. The van der Waals surface area contributed by atoms with Crippen LogP contribution in [0.3, 0.4) is 0 Å². The number of rotatable bonds is 6. The Labute approximate surface area is 126 Å². The lowest BCUT2D eigenvalue weighted by Gasteiger charge is -2.39. The van der Waals surface area contributed by atoms with Gasteiger partial charge in [0.1, 0.15) is 5.75 Å². The predicted octanol–water partition coefficient (Wildman–Crippen LogP) is 3.02. The first-order valence-electron chi connectivity index (χ1n) is 6.97. The molecule has 0 unspecified atom stereocenters. The van der Waals surface area contributed by atoms with Crippen molar-refractivity contribution in [3.05, 3.63) is 29.8 Å². The summed E-state index contributed by atoms with van der Waals surface area (Å²) in [6.07, 6.45) is -2.21. The smallest absolute Gasteiger partial charge is 0.406 e. The zero-order valence-electron chi connectivity index (χ0n) is 12.2. The standard InChI is InChI=1S/C15H18F3NO3/c1-21-10-14(6-3-7-14)13(20)19-9-11-4-2-5-12(8-11)22-15(16,17)18/h2,4-5,8H,3,6-7,9-10H2,1H3,(H,19,20). The molecule has 0 bridgehead atoms. The van der Waals surface area contributed by atoms with E-state index < -0.39 is 11.8 Å². The second kappa shape index (κ2) is 6.56. The zero-order valence-corrected chi connectivity index (χ0v) is 12.2. The number of benzene rings is 1. The quantitative estimate of drug-likeness (QED) is 0.877. The molecule has 1 fully saturated rings. The van der Waals surface area contributed by atoms with Crippen molar-refractivity contribution in [3.8, 4) is 5.75 Å². The van der Waals surface area contributed by atoms with E-state index in [2.05, 4.69) is 10.1 Å². The van der Waals surface area contributed by atoms with Crippen molar-refractivity contribution < 1.29 is 27.4 Å². The highest BCUT2D eigenvalue weighted by atomic mass is 19.4. The summed E-state index contributed by atoms with van der Waals surface area (Å²) in [5, 5.41) is 2.76. The third-order valence-corrected chi connectivity index (χ3v) is 3.80. The average Bonchev–Trinajstić information content (AvgIpc) is 2.38. The van der Waals surface area contributed by atoms with Gasteiger partial charge in [0.15, 0.2) is 0 Å². The summed E-state index contributed by atoms with van der Waals surface area (Å²) >= 11 is 0. The second-order valence-corrected chi connectivity index (χ2v) is 5.44. The number of amides is 1. The van der Waals surface area contributed by atoms with E-state index in [4.69, 9.17) is 4.74 Å². The lowest BCUT2D eigenvalue weighted by atomic mass is 9.68. The topological polar surface area (TPSA) is 47.6 Å². The number of carbonyl (C=O) groups is 1. The molecule has 0 atom stereocenters. The van der Waals surface area contributed by atoms with E-state index in [0.717, 1.165) is 19.3 Å². The van der Waals surface area contributed by atoms with Gasteiger partial charge in [0.05, 0.1) is 12.0 Å². The maximum absolute atomic E-state index is 12.2. The number of nitrogens with one attached hydrogen (secondary N) is 1. The van der Waals surface area contributed by atoms with E-state index in [1.165, 1.54) is 18.2 Å². The van der Waals surface area contributed by atoms with Crippen LogP contribution in [0.1, 0.15) is 24.8 Å². The van der Waals surface area contributed by atoms with Crippen LogP contribution in [0.5, 0.6) is 5.75 Å². The van der Waals surface area contributed by atoms with Crippen molar-refractivity contribution in [2.24, 2.45) is 5.41 Å². The van der Waals surface area contributed by atoms with Gasteiger partial charge in [-0.15, -0.1) is 13.2 Å². The van der Waals surface area contributed by atoms with Crippen molar-refractivity contribution in [3.63, 3.8) is 0 Å². The largest absolute Gasteiger partial charge is 0.573 e. The molecule has 0 radical (unpaired) electrons. The monoisotopic (exact) mass is 317 g/mol. The zero-order chi connectivity index (χ0) is 16.2. The lowest BCUT2D eigenvalue weighted by molar-refractivity contribution is -0.274. The maximum atomic E-state index is 12.2. The fourth-order valence-electron chi connectivity index (χ4n) is 2.54. The van der Waals surface area contributed by atoms with E-state index in [1.54, 1.807) is 13.2 Å². The summed E-state index contributed by atoms with van der Waals surface area (Å²) in [5.41, 5.74) is 0.0523. The first kappa shape index (κ1) is 16.6. The Hall–Kier alpha value is -1.76. The molecule has 1 aliphatic rings. The minimum absolute atomic E-state index is 0.122. The van der Waals surface area contributed by atoms with Crippen LogP contribution in [0, 0.1) is 5.41 Å². The van der Waals surface area contributed by atoms with Crippen LogP contribution in [0.15, 0.2) is 24.3 Å². The Morgan fingerprint density at radius 2 is 2.09 bits per heavy atom. The van der Waals surface area contributed by atoms with Gasteiger partial charge in [-0.25, -0.2) is 0 Å². The summed E-state index contributed by atoms with van der Waals surface area (Å²) in [6.45, 7) is 0.509. The number of carbonyl (C=O) groups excluding carboxylic acids is 1. The highest BCUT2D eigenvalue weighted by Crippen LogP contribution is 2.41. The number of methoxy groups -OCH3 is 1. The molecule has 0 aromatic heterocycles. The SMILES string of the molecule is COCC1(C(=O)NCc2cccc(OC(F)(F)F)c2)CCC1. The van der Waals surface area contributed by atoms with Crippen LogP contribution in [0.2, 0.25) is 0 Å². The first-order chi connectivity index (χ1) is 10.3. The van der Waals surface area contributed by atoms with Gasteiger partial charge in [-0.3, -0.25) is 4.79 Å². The minimum atomic E-state index is -4.73. The molecule has 2 rings (SSSR count). The molecule has 0 aliphatic heterocycles. The number of hydrogen-bond donors (Lipinski definition) is 1. The molecule has 1 saturated carbocycles. The van der Waals surface area contributed by atoms with Gasteiger partial charge >= 0.3 is 6.36 Å². The molecule has 1 aliphatic carbocycles. The molecule has 0 heterocycles. The second-order valence-electron chi connectivity index (χ2n) is 5.44. The van der Waals surface area contributed by atoms with Crippen LogP contribution in [0.25, 0.3) is 0 Å². The van der Waals surface area contributed by atoms with Crippen LogP contribution in [0.4, 0.5) is 13.2 Å². The van der Waals surface area contributed by atoms with Gasteiger partial charge < -0.3 is 14.8 Å². The van der Waals surface area contributed by atoms with Gasteiger partial charge in [0, 0.05) is 13.7 Å². The van der Waals surface area contributed by atoms with Gasteiger partial charge in [0.25, 0.3) is 0 Å². The summed E-state index contributed by atoms with van der Waals surface area (Å²) in [7, 11) is 1.55. The summed E-state index contributed by atoms with van der Waals surface area (Å²) in [4.78, 5) is 12.2. The molecular formula is C15H18F3NO3. The molecule has 0 saturated heterocycles. The summed E-state index contributed by atoms with van der Waals surface area (Å²) < 4.78 is 45.5. The molecule has 1 amide bonds. The fraction of sp³-hybridized carbons (Fsp3) is 0.533. The molecule has 22 heavy (non-hydrogen) atoms. The average molecular weight is 317 g/mol. The number of hydrogen-bond acceptors (Lipinski definition) is 3. The molecule has 1 N–H and O–H groups in total. The van der Waals surface area contributed by atoms with Crippen molar-refractivity contribution in [1.82, 2.24) is 5.32 Å². The third kappa shape index (κ3) is 4.13. The van der Waals surface area contributed by atoms with E-state index in [-0.39, 0.29) is 18.2 Å². The van der Waals surface area contributed by atoms with E-state index in [1.807, 2.05) is 0 Å². The van der Waals surface area contributed by atoms with Crippen molar-refractivity contribution >= 4 is 5.91 Å². The van der Waals surface area contributed by atoms with Crippen molar-refractivity contribution in [2.45, 2.75) is 32.2 Å². The van der Waals surface area contributed by atoms with Crippen LogP contribution >= 0.6 is 0 Å². The van der Waals surface area contributed by atoms with Gasteiger partial charge in [0.2, 0.25) is 5.91 Å². The predicted molar refractivity (Wildman–Crippen MR) is 73.1 cm³/mol. The van der Waals surface area contributed by atoms with Crippen LogP contribution in [-0.2, 0) is 16.1 Å². The number of halogens is 3. The molecule has 1 aromatic rings. The molecular weight excluding hydrogens is 299 g/mol. The molecule has 1 aromatic carbocycles. The Morgan fingerprint density at radius 3 is 2.64 bits per heavy atom. The van der Waals surface area contributed by atoms with E-state index in [9.17, 15) is 18.0 Å². The summed E-state index contributed by atoms with van der Waals surface area (Å²) in [5.74, 6) is -0.419. The molecule has 0 spiro atoms. The summed E-state index contributed by atoms with van der Waals surface area (Å²) in [6, 6.07) is 5.57. The maximum Gasteiger partial charge on any atom is 0.573 e. The number of alkyl halides is 3. The van der Waals surface area contributed by atoms with Crippen LogP contribution in [-0.4, -0.2) is 26.0 Å². The van der Waals surface area contributed by atoms with Crippen molar-refractivity contribution in [1.29, 1.82) is 0 Å². The van der Waals surface area contributed by atoms with Gasteiger partial charge in [-0.05, 0) is 30.5 Å². The highest BCUT2D eigenvalue weighted by Gasteiger charge is 2.43. The normalized spacial score (nSPS) is 16.7. The molecule has 4 nitrogen and oxygen atoms in total. The Kier molecular flexibility index (Phi) is 4.95. The Balaban J connectivity index is 1.94. The highest BCUT2D eigenvalue weighted by molar-refractivity contribution is 5.83. The lowest BCUT2D eigenvalue weighted by Crippen LogP contribution is -2.48. The Bertz CT molecular complexity index is 527. The van der Waals surface area contributed by atoms with Gasteiger partial charge in [-0.1, -0.05) is 18.6 Å². The van der Waals surface area contributed by atoms with Crippen molar-refractivity contribution in [2.75, 3.05) is 13.7 Å². The Morgan fingerprint density at radius 1 is 1.36 bits per heavy atom. The van der Waals surface area contributed by atoms with E-state index >= 15 is 0 Å². The molecule has 7 heteroatoms. The van der Waals surface area contributed by atoms with E-state index in [0.29, 0.717) is 12.2 Å². The molecule has 122 valence electrons. The first-order valence-corrected chi connectivity index (χ1v) is 6.97. The fourth-order valence-corrected chi connectivity index (χ4v) is 2.54. The number of ether oxygens (including phenoxy) is 2.